The fourth-order valence-corrected chi connectivity index (χ4v) is 3.12. The van der Waals surface area contributed by atoms with Crippen LogP contribution in [0.3, 0.4) is 0 Å². The van der Waals surface area contributed by atoms with Crippen molar-refractivity contribution in [3.05, 3.63) is 35.6 Å². The predicted molar refractivity (Wildman–Crippen MR) is 79.4 cm³/mol. The highest BCUT2D eigenvalue weighted by Crippen LogP contribution is 2.32. The smallest absolute Gasteiger partial charge is 0.224 e. The lowest BCUT2D eigenvalue weighted by atomic mass is 9.99. The predicted octanol–water partition coefficient (Wildman–Crippen LogP) is 2.40. The van der Waals surface area contributed by atoms with E-state index in [0.717, 1.165) is 26.1 Å². The molecule has 0 saturated carbocycles. The number of nitrogens with one attached hydrogen (secondary N) is 1. The normalized spacial score (nSPS) is 17.7. The van der Waals surface area contributed by atoms with Crippen molar-refractivity contribution in [2.45, 2.75) is 24.0 Å². The van der Waals surface area contributed by atoms with Crippen molar-refractivity contribution in [2.75, 3.05) is 26.0 Å². The average Bonchev–Trinajstić information content (AvgIpc) is 2.49. The van der Waals surface area contributed by atoms with Gasteiger partial charge in [-0.1, -0.05) is 18.2 Å². The maximum absolute atomic E-state index is 13.5. The first-order chi connectivity index (χ1) is 9.65. The largest absolute Gasteiger partial charge is 0.381 e. The molecule has 0 aromatic heterocycles. The van der Waals surface area contributed by atoms with Crippen LogP contribution in [0.2, 0.25) is 0 Å². The number of carbonyl (C=O) groups excluding carboxylic acids is 1. The fourth-order valence-electron chi connectivity index (χ4n) is 2.33. The molecule has 1 fully saturated rings. The van der Waals surface area contributed by atoms with Crippen LogP contribution in [0.15, 0.2) is 24.3 Å². The lowest BCUT2D eigenvalue weighted by molar-refractivity contribution is -0.120. The summed E-state index contributed by atoms with van der Waals surface area (Å²) in [4.78, 5) is 11.9. The summed E-state index contributed by atoms with van der Waals surface area (Å²) in [5.41, 5.74) is 0.440. The first-order valence-electron chi connectivity index (χ1n) is 6.78. The van der Waals surface area contributed by atoms with Crippen molar-refractivity contribution >= 4 is 17.7 Å². The minimum atomic E-state index is -0.326. The first-order valence-corrected chi connectivity index (χ1v) is 8.01. The molecule has 5 heteroatoms. The van der Waals surface area contributed by atoms with Gasteiger partial charge in [0.15, 0.2) is 0 Å². The lowest BCUT2D eigenvalue weighted by Crippen LogP contribution is -2.44. The summed E-state index contributed by atoms with van der Waals surface area (Å²) in [6, 6.07) is 6.40. The van der Waals surface area contributed by atoms with Crippen LogP contribution in [0.25, 0.3) is 0 Å². The third kappa shape index (κ3) is 3.96. The number of carbonyl (C=O) groups is 1. The molecule has 3 nitrogen and oxygen atoms in total. The van der Waals surface area contributed by atoms with Gasteiger partial charge in [-0.05, 0) is 30.7 Å². The van der Waals surface area contributed by atoms with Crippen molar-refractivity contribution in [1.29, 1.82) is 0 Å². The van der Waals surface area contributed by atoms with Crippen LogP contribution in [0.1, 0.15) is 18.4 Å². The molecular weight excluding hydrogens is 277 g/mol. The zero-order valence-electron chi connectivity index (χ0n) is 11.7. The summed E-state index contributed by atoms with van der Waals surface area (Å²) in [5, 5.41) is 2.94. The molecule has 0 radical (unpaired) electrons. The highest BCUT2D eigenvalue weighted by Gasteiger charge is 2.32. The molecule has 1 aromatic carbocycles. The number of thioether (sulfide) groups is 1. The zero-order valence-corrected chi connectivity index (χ0v) is 12.5. The fraction of sp³-hybridized carbons (Fsp3) is 0.533. The van der Waals surface area contributed by atoms with Gasteiger partial charge in [0, 0.05) is 24.5 Å². The average molecular weight is 297 g/mol. The Kier molecular flexibility index (Phi) is 5.43. The van der Waals surface area contributed by atoms with Gasteiger partial charge in [-0.25, -0.2) is 4.39 Å². The van der Waals surface area contributed by atoms with Crippen LogP contribution in [-0.2, 0) is 16.0 Å². The number of hydrogen-bond donors (Lipinski definition) is 1. The Bertz CT molecular complexity index is 461. The second-order valence-corrected chi connectivity index (χ2v) is 6.32. The quantitative estimate of drug-likeness (QED) is 0.907. The van der Waals surface area contributed by atoms with E-state index >= 15 is 0 Å². The van der Waals surface area contributed by atoms with Gasteiger partial charge < -0.3 is 10.1 Å². The summed E-state index contributed by atoms with van der Waals surface area (Å²) >= 11 is 1.78. The van der Waals surface area contributed by atoms with Crippen molar-refractivity contribution in [3.63, 3.8) is 0 Å². The first kappa shape index (κ1) is 15.3. The minimum absolute atomic E-state index is 0.0587. The highest BCUT2D eigenvalue weighted by molar-refractivity contribution is 8.00. The topological polar surface area (TPSA) is 38.3 Å². The van der Waals surface area contributed by atoms with Gasteiger partial charge in [0.25, 0.3) is 0 Å². The van der Waals surface area contributed by atoms with Gasteiger partial charge in [-0.3, -0.25) is 4.79 Å². The van der Waals surface area contributed by atoms with E-state index in [4.69, 9.17) is 4.74 Å². The number of amides is 1. The second-order valence-electron chi connectivity index (χ2n) is 5.04. The maximum atomic E-state index is 13.5. The summed E-state index contributed by atoms with van der Waals surface area (Å²) in [7, 11) is 0. The molecule has 1 heterocycles. The van der Waals surface area contributed by atoms with Crippen molar-refractivity contribution in [3.8, 4) is 0 Å². The van der Waals surface area contributed by atoms with Gasteiger partial charge in [-0.2, -0.15) is 11.8 Å². The van der Waals surface area contributed by atoms with E-state index in [2.05, 4.69) is 11.6 Å². The number of ether oxygens (including phenoxy) is 1. The van der Waals surface area contributed by atoms with Crippen LogP contribution in [-0.4, -0.2) is 36.7 Å². The molecule has 0 bridgehead atoms. The molecule has 0 unspecified atom stereocenters. The highest BCUT2D eigenvalue weighted by atomic mass is 32.2. The summed E-state index contributed by atoms with van der Waals surface area (Å²) < 4.78 is 18.9. The molecule has 20 heavy (non-hydrogen) atoms. The minimum Gasteiger partial charge on any atom is -0.381 e. The molecule has 1 amide bonds. The molecule has 1 aliphatic rings. The van der Waals surface area contributed by atoms with Gasteiger partial charge in [0.1, 0.15) is 5.82 Å². The van der Waals surface area contributed by atoms with E-state index in [-0.39, 0.29) is 22.9 Å². The third-order valence-corrected chi connectivity index (χ3v) is 5.17. The van der Waals surface area contributed by atoms with E-state index in [0.29, 0.717) is 12.1 Å². The molecule has 1 N–H and O–H groups in total. The zero-order chi connectivity index (χ0) is 14.4. The maximum Gasteiger partial charge on any atom is 0.224 e. The lowest BCUT2D eigenvalue weighted by Gasteiger charge is -2.35. The third-order valence-electron chi connectivity index (χ3n) is 3.75. The summed E-state index contributed by atoms with van der Waals surface area (Å²) in [5.74, 6) is -0.455. The van der Waals surface area contributed by atoms with Crippen LogP contribution in [0, 0.1) is 5.82 Å². The Morgan fingerprint density at radius 3 is 2.75 bits per heavy atom. The van der Waals surface area contributed by atoms with Gasteiger partial charge in [0.05, 0.1) is 6.42 Å². The van der Waals surface area contributed by atoms with Crippen molar-refractivity contribution in [2.24, 2.45) is 0 Å². The Balaban J connectivity index is 1.87. The molecule has 1 aliphatic heterocycles. The molecule has 1 saturated heterocycles. The van der Waals surface area contributed by atoms with E-state index in [1.54, 1.807) is 30.0 Å². The van der Waals surface area contributed by atoms with Crippen LogP contribution >= 0.6 is 11.8 Å². The van der Waals surface area contributed by atoms with Crippen LogP contribution in [0.4, 0.5) is 4.39 Å². The van der Waals surface area contributed by atoms with E-state index < -0.39 is 0 Å². The molecule has 0 atom stereocenters. The summed E-state index contributed by atoms with van der Waals surface area (Å²) in [6.45, 7) is 2.10. The molecule has 2 rings (SSSR count). The number of benzene rings is 1. The number of halogens is 1. The van der Waals surface area contributed by atoms with E-state index in [1.165, 1.54) is 6.07 Å². The number of rotatable bonds is 5. The van der Waals surface area contributed by atoms with E-state index in [1.807, 2.05) is 0 Å². The van der Waals surface area contributed by atoms with Crippen molar-refractivity contribution in [1.82, 2.24) is 5.32 Å². The van der Waals surface area contributed by atoms with Gasteiger partial charge in [-0.15, -0.1) is 0 Å². The Hall–Kier alpha value is -1.07. The van der Waals surface area contributed by atoms with Crippen molar-refractivity contribution < 1.29 is 13.9 Å². The standard InChI is InChI=1S/C15H20FNO2S/c1-20-15(6-8-19-9-7-15)11-17-14(18)10-12-4-2-3-5-13(12)16/h2-5H,6-11H2,1H3,(H,17,18). The molecule has 0 spiro atoms. The molecular formula is C15H20FNO2S. The van der Waals surface area contributed by atoms with Gasteiger partial charge >= 0.3 is 0 Å². The summed E-state index contributed by atoms with van der Waals surface area (Å²) in [6.07, 6.45) is 4.03. The van der Waals surface area contributed by atoms with Gasteiger partial charge in [0.2, 0.25) is 5.91 Å². The Morgan fingerprint density at radius 2 is 2.10 bits per heavy atom. The number of hydrogen-bond acceptors (Lipinski definition) is 3. The monoisotopic (exact) mass is 297 g/mol. The Morgan fingerprint density at radius 1 is 1.40 bits per heavy atom. The SMILES string of the molecule is CSC1(CNC(=O)Cc2ccccc2F)CCOCC1. The molecule has 110 valence electrons. The van der Waals surface area contributed by atoms with Crippen LogP contribution < -0.4 is 5.32 Å². The second kappa shape index (κ2) is 7.09. The molecule has 1 aromatic rings. The van der Waals surface area contributed by atoms with Crippen LogP contribution in [0.5, 0.6) is 0 Å². The van der Waals surface area contributed by atoms with E-state index in [9.17, 15) is 9.18 Å². The Labute approximate surface area is 123 Å². The molecule has 0 aliphatic carbocycles.